The SMILES string of the molecule is CCNC(CN1CCN(C(C)C)CC1)C1CC1. The Morgan fingerprint density at radius 2 is 1.76 bits per heavy atom. The van der Waals surface area contributed by atoms with Gasteiger partial charge in [0.1, 0.15) is 0 Å². The minimum Gasteiger partial charge on any atom is -0.313 e. The van der Waals surface area contributed by atoms with E-state index >= 15 is 0 Å². The van der Waals surface area contributed by atoms with Crippen molar-refractivity contribution >= 4 is 0 Å². The molecule has 2 fully saturated rings. The molecule has 1 saturated carbocycles. The molecule has 17 heavy (non-hydrogen) atoms. The van der Waals surface area contributed by atoms with Crippen molar-refractivity contribution in [3.05, 3.63) is 0 Å². The maximum atomic E-state index is 3.67. The molecule has 0 radical (unpaired) electrons. The lowest BCUT2D eigenvalue weighted by Gasteiger charge is -2.38. The molecule has 0 bridgehead atoms. The second-order valence-corrected chi connectivity index (χ2v) is 5.93. The van der Waals surface area contributed by atoms with Gasteiger partial charge in [-0.25, -0.2) is 0 Å². The molecule has 1 unspecified atom stereocenters. The normalized spacial score (nSPS) is 25.4. The van der Waals surface area contributed by atoms with E-state index < -0.39 is 0 Å². The fourth-order valence-corrected chi connectivity index (χ4v) is 2.88. The van der Waals surface area contributed by atoms with Crippen LogP contribution in [-0.4, -0.2) is 61.2 Å². The molecule has 0 aromatic rings. The highest BCUT2D eigenvalue weighted by Gasteiger charge is 2.32. The maximum Gasteiger partial charge on any atom is 0.0223 e. The average Bonchev–Trinajstić information content (AvgIpc) is 3.13. The summed E-state index contributed by atoms with van der Waals surface area (Å²) in [5, 5.41) is 3.67. The lowest BCUT2D eigenvalue weighted by atomic mass is 10.1. The molecule has 3 nitrogen and oxygen atoms in total. The molecule has 0 aromatic heterocycles. The molecular weight excluding hydrogens is 210 g/mol. The number of hydrogen-bond acceptors (Lipinski definition) is 3. The molecule has 1 saturated heterocycles. The zero-order valence-electron chi connectivity index (χ0n) is 11.8. The molecular formula is C14H29N3. The quantitative estimate of drug-likeness (QED) is 0.756. The summed E-state index contributed by atoms with van der Waals surface area (Å²) < 4.78 is 0. The molecule has 1 atom stereocenters. The van der Waals surface area contributed by atoms with Gasteiger partial charge in [-0.15, -0.1) is 0 Å². The predicted molar refractivity (Wildman–Crippen MR) is 73.3 cm³/mol. The van der Waals surface area contributed by atoms with E-state index in [-0.39, 0.29) is 0 Å². The van der Waals surface area contributed by atoms with Crippen molar-refractivity contribution in [3.8, 4) is 0 Å². The Morgan fingerprint density at radius 1 is 1.12 bits per heavy atom. The van der Waals surface area contributed by atoms with Crippen molar-refractivity contribution in [1.29, 1.82) is 0 Å². The van der Waals surface area contributed by atoms with Gasteiger partial charge in [-0.1, -0.05) is 6.92 Å². The first-order valence-corrected chi connectivity index (χ1v) is 7.40. The van der Waals surface area contributed by atoms with E-state index in [9.17, 15) is 0 Å². The van der Waals surface area contributed by atoms with Gasteiger partial charge >= 0.3 is 0 Å². The van der Waals surface area contributed by atoms with Crippen LogP contribution in [0.4, 0.5) is 0 Å². The van der Waals surface area contributed by atoms with Crippen molar-refractivity contribution in [1.82, 2.24) is 15.1 Å². The van der Waals surface area contributed by atoms with Crippen LogP contribution in [0.2, 0.25) is 0 Å². The minimum absolute atomic E-state index is 0.713. The summed E-state index contributed by atoms with van der Waals surface area (Å²) in [4.78, 5) is 5.25. The first-order chi connectivity index (χ1) is 8.20. The summed E-state index contributed by atoms with van der Waals surface area (Å²) >= 11 is 0. The molecule has 0 aromatic carbocycles. The standard InChI is InChI=1S/C14H29N3/c1-4-15-14(13-5-6-13)11-16-7-9-17(10-8-16)12(2)3/h12-15H,4-11H2,1-3H3. The van der Waals surface area contributed by atoms with Gasteiger partial charge in [0.15, 0.2) is 0 Å². The molecule has 1 heterocycles. The highest BCUT2D eigenvalue weighted by Crippen LogP contribution is 2.33. The van der Waals surface area contributed by atoms with Crippen molar-refractivity contribution in [3.63, 3.8) is 0 Å². The highest BCUT2D eigenvalue weighted by molar-refractivity contribution is 4.89. The molecule has 100 valence electrons. The summed E-state index contributed by atoms with van der Waals surface area (Å²) in [5.41, 5.74) is 0. The minimum atomic E-state index is 0.713. The topological polar surface area (TPSA) is 18.5 Å². The molecule has 2 aliphatic rings. The summed E-state index contributed by atoms with van der Waals surface area (Å²) in [7, 11) is 0. The van der Waals surface area contributed by atoms with Gasteiger partial charge in [-0.2, -0.15) is 0 Å². The van der Waals surface area contributed by atoms with Crippen LogP contribution >= 0.6 is 0 Å². The zero-order chi connectivity index (χ0) is 12.3. The monoisotopic (exact) mass is 239 g/mol. The van der Waals surface area contributed by atoms with Crippen molar-refractivity contribution in [2.24, 2.45) is 5.92 Å². The van der Waals surface area contributed by atoms with Gasteiger partial charge in [-0.05, 0) is 39.2 Å². The largest absolute Gasteiger partial charge is 0.313 e. The van der Waals surface area contributed by atoms with Gasteiger partial charge in [0.25, 0.3) is 0 Å². The Bertz CT molecular complexity index is 218. The third-order valence-electron chi connectivity index (χ3n) is 4.25. The Morgan fingerprint density at radius 3 is 2.24 bits per heavy atom. The molecule has 3 heteroatoms. The smallest absolute Gasteiger partial charge is 0.0223 e. The van der Waals surface area contributed by atoms with E-state index in [1.54, 1.807) is 0 Å². The third kappa shape index (κ3) is 3.94. The van der Waals surface area contributed by atoms with Gasteiger partial charge in [0.2, 0.25) is 0 Å². The molecule has 1 aliphatic carbocycles. The van der Waals surface area contributed by atoms with Crippen molar-refractivity contribution in [2.75, 3.05) is 39.3 Å². The fourth-order valence-electron chi connectivity index (χ4n) is 2.88. The number of rotatable bonds is 6. The van der Waals surface area contributed by atoms with Crippen LogP contribution in [-0.2, 0) is 0 Å². The van der Waals surface area contributed by atoms with Crippen LogP contribution in [0.1, 0.15) is 33.6 Å². The summed E-state index contributed by atoms with van der Waals surface area (Å²) in [6.07, 6.45) is 2.90. The Balaban J connectivity index is 1.72. The van der Waals surface area contributed by atoms with Crippen LogP contribution < -0.4 is 5.32 Å². The highest BCUT2D eigenvalue weighted by atomic mass is 15.3. The number of nitrogens with zero attached hydrogens (tertiary/aromatic N) is 2. The van der Waals surface area contributed by atoms with Crippen LogP contribution in [0.15, 0.2) is 0 Å². The van der Waals surface area contributed by atoms with E-state index in [1.807, 2.05) is 0 Å². The second kappa shape index (κ2) is 6.17. The summed E-state index contributed by atoms with van der Waals surface area (Å²) in [6, 6.07) is 1.47. The number of piperazine rings is 1. The van der Waals surface area contributed by atoms with Gasteiger partial charge in [-0.3, -0.25) is 9.80 Å². The maximum absolute atomic E-state index is 3.67. The molecule has 1 aliphatic heterocycles. The molecule has 1 N–H and O–H groups in total. The molecule has 0 amide bonds. The van der Waals surface area contributed by atoms with Gasteiger partial charge < -0.3 is 5.32 Å². The summed E-state index contributed by atoms with van der Waals surface area (Å²) in [5.74, 6) is 0.970. The zero-order valence-corrected chi connectivity index (χ0v) is 11.8. The predicted octanol–water partition coefficient (Wildman–Crippen LogP) is 1.40. The van der Waals surface area contributed by atoms with Gasteiger partial charge in [0.05, 0.1) is 0 Å². The van der Waals surface area contributed by atoms with Crippen LogP contribution in [0.25, 0.3) is 0 Å². The van der Waals surface area contributed by atoms with Crippen LogP contribution in [0, 0.1) is 5.92 Å². The van der Waals surface area contributed by atoms with E-state index in [0.717, 1.165) is 18.5 Å². The Kier molecular flexibility index (Phi) is 4.83. The van der Waals surface area contributed by atoms with E-state index in [2.05, 4.69) is 35.9 Å². The van der Waals surface area contributed by atoms with Crippen molar-refractivity contribution in [2.45, 2.75) is 45.7 Å². The van der Waals surface area contributed by atoms with Crippen LogP contribution in [0.3, 0.4) is 0 Å². The number of likely N-dealkylation sites (N-methyl/N-ethyl adjacent to an activating group) is 1. The van der Waals surface area contributed by atoms with Crippen LogP contribution in [0.5, 0.6) is 0 Å². The number of nitrogens with one attached hydrogen (secondary N) is 1. The van der Waals surface area contributed by atoms with Crippen molar-refractivity contribution < 1.29 is 0 Å². The molecule has 0 spiro atoms. The lowest BCUT2D eigenvalue weighted by molar-refractivity contribution is 0.0990. The first-order valence-electron chi connectivity index (χ1n) is 7.40. The third-order valence-corrected chi connectivity index (χ3v) is 4.25. The second-order valence-electron chi connectivity index (χ2n) is 5.93. The average molecular weight is 239 g/mol. The lowest BCUT2D eigenvalue weighted by Crippen LogP contribution is -2.52. The Labute approximate surface area is 107 Å². The van der Waals surface area contributed by atoms with Gasteiger partial charge in [0, 0.05) is 44.8 Å². The molecule has 2 rings (SSSR count). The fraction of sp³-hybridized carbons (Fsp3) is 1.00. The van der Waals surface area contributed by atoms with E-state index in [1.165, 1.54) is 45.6 Å². The Hall–Kier alpha value is -0.120. The first kappa shape index (κ1) is 13.3. The number of hydrogen-bond donors (Lipinski definition) is 1. The van der Waals surface area contributed by atoms with E-state index in [0.29, 0.717) is 6.04 Å². The van der Waals surface area contributed by atoms with E-state index in [4.69, 9.17) is 0 Å². The summed E-state index contributed by atoms with van der Waals surface area (Å²) in [6.45, 7) is 14.2.